The van der Waals surface area contributed by atoms with Crippen LogP contribution in [0.2, 0.25) is 0 Å². The molecule has 0 amide bonds. The highest BCUT2D eigenvalue weighted by molar-refractivity contribution is 5.59. The number of nitrogens with one attached hydrogen (secondary N) is 1. The second-order valence-electron chi connectivity index (χ2n) is 3.46. The predicted molar refractivity (Wildman–Crippen MR) is 62.8 cm³/mol. The van der Waals surface area contributed by atoms with Crippen molar-refractivity contribution in [2.24, 2.45) is 5.73 Å². The Labute approximate surface area is 103 Å². The topological polar surface area (TPSA) is 61.8 Å². The third-order valence-electron chi connectivity index (χ3n) is 2.18. The largest absolute Gasteiger partial charge is 0.416 e. The minimum atomic E-state index is -4.44. The van der Waals surface area contributed by atoms with Gasteiger partial charge in [-0.1, -0.05) is 12.2 Å². The third kappa shape index (κ3) is 3.79. The van der Waals surface area contributed by atoms with Gasteiger partial charge in [-0.05, 0) is 18.2 Å². The Kier molecular flexibility index (Phi) is 4.75. The van der Waals surface area contributed by atoms with Gasteiger partial charge in [-0.25, -0.2) is 0 Å². The van der Waals surface area contributed by atoms with E-state index in [9.17, 15) is 13.2 Å². The van der Waals surface area contributed by atoms with Crippen molar-refractivity contribution in [1.82, 2.24) is 0 Å². The highest BCUT2D eigenvalue weighted by Gasteiger charge is 2.30. The van der Waals surface area contributed by atoms with E-state index >= 15 is 0 Å². The van der Waals surface area contributed by atoms with Crippen LogP contribution in [0, 0.1) is 11.3 Å². The summed E-state index contributed by atoms with van der Waals surface area (Å²) in [4.78, 5) is 0. The van der Waals surface area contributed by atoms with E-state index in [1.54, 1.807) is 18.2 Å². The number of nitrogens with two attached hydrogens (primary N) is 1. The minimum absolute atomic E-state index is 0.0361. The standard InChI is InChI=1S/C12H12F3N3/c13-12(14,15)10-3-4-11(9(7-10)8-17)18-6-2-1-5-16/h1-4,7,18H,5-6,16H2/b2-1+. The fourth-order valence-electron chi connectivity index (χ4n) is 1.32. The predicted octanol–water partition coefficient (Wildman–Crippen LogP) is 2.50. The van der Waals surface area contributed by atoms with Crippen molar-refractivity contribution in [2.75, 3.05) is 18.4 Å². The van der Waals surface area contributed by atoms with Crippen LogP contribution in [0.15, 0.2) is 30.4 Å². The van der Waals surface area contributed by atoms with Crippen LogP contribution >= 0.6 is 0 Å². The molecule has 0 saturated carbocycles. The molecule has 0 unspecified atom stereocenters. The molecule has 0 aliphatic heterocycles. The maximum absolute atomic E-state index is 12.4. The third-order valence-corrected chi connectivity index (χ3v) is 2.18. The Morgan fingerprint density at radius 2 is 2.06 bits per heavy atom. The second kappa shape index (κ2) is 6.07. The molecule has 0 fully saturated rings. The molecular weight excluding hydrogens is 243 g/mol. The zero-order chi connectivity index (χ0) is 13.6. The molecule has 0 spiro atoms. The van der Waals surface area contributed by atoms with Crippen LogP contribution < -0.4 is 11.1 Å². The van der Waals surface area contributed by atoms with Crippen molar-refractivity contribution in [2.45, 2.75) is 6.18 Å². The lowest BCUT2D eigenvalue weighted by Crippen LogP contribution is -2.07. The Hall–Kier alpha value is -2.00. The van der Waals surface area contributed by atoms with Crippen LogP contribution in [0.3, 0.4) is 0 Å². The van der Waals surface area contributed by atoms with Crippen molar-refractivity contribution < 1.29 is 13.2 Å². The van der Waals surface area contributed by atoms with Crippen LogP contribution in [0.1, 0.15) is 11.1 Å². The average molecular weight is 255 g/mol. The van der Waals surface area contributed by atoms with Crippen LogP contribution in [-0.2, 0) is 6.18 Å². The average Bonchev–Trinajstić information content (AvgIpc) is 2.33. The van der Waals surface area contributed by atoms with Crippen LogP contribution in [0.5, 0.6) is 0 Å². The monoisotopic (exact) mass is 255 g/mol. The Morgan fingerprint density at radius 3 is 2.61 bits per heavy atom. The normalized spacial score (nSPS) is 11.5. The number of rotatable bonds is 4. The molecule has 1 rings (SSSR count). The number of nitriles is 1. The Balaban J connectivity index is 2.88. The quantitative estimate of drug-likeness (QED) is 0.812. The van der Waals surface area contributed by atoms with Crippen molar-refractivity contribution in [3.63, 3.8) is 0 Å². The van der Waals surface area contributed by atoms with E-state index < -0.39 is 11.7 Å². The Bertz CT molecular complexity index is 472. The van der Waals surface area contributed by atoms with E-state index in [1.165, 1.54) is 6.07 Å². The molecule has 1 aromatic carbocycles. The first kappa shape index (κ1) is 14.1. The number of hydrogen-bond donors (Lipinski definition) is 2. The number of alkyl halides is 3. The number of nitrogens with zero attached hydrogens (tertiary/aromatic N) is 1. The van der Waals surface area contributed by atoms with Gasteiger partial charge in [0, 0.05) is 13.1 Å². The molecule has 96 valence electrons. The van der Waals surface area contributed by atoms with Gasteiger partial charge in [-0.2, -0.15) is 18.4 Å². The molecule has 0 aliphatic rings. The summed E-state index contributed by atoms with van der Waals surface area (Å²) in [7, 11) is 0. The van der Waals surface area contributed by atoms with Crippen molar-refractivity contribution >= 4 is 5.69 Å². The minimum Gasteiger partial charge on any atom is -0.381 e. The first-order valence-corrected chi connectivity index (χ1v) is 5.19. The molecular formula is C12H12F3N3. The summed E-state index contributed by atoms with van der Waals surface area (Å²) in [6.07, 6.45) is -0.995. The van der Waals surface area contributed by atoms with E-state index in [0.717, 1.165) is 12.1 Å². The number of anilines is 1. The zero-order valence-corrected chi connectivity index (χ0v) is 9.46. The first-order valence-electron chi connectivity index (χ1n) is 5.19. The Morgan fingerprint density at radius 1 is 1.33 bits per heavy atom. The molecule has 0 atom stereocenters. The molecule has 0 bridgehead atoms. The maximum atomic E-state index is 12.4. The van der Waals surface area contributed by atoms with Gasteiger partial charge < -0.3 is 11.1 Å². The smallest absolute Gasteiger partial charge is 0.381 e. The molecule has 0 heterocycles. The van der Waals surface area contributed by atoms with Gasteiger partial charge in [-0.15, -0.1) is 0 Å². The lowest BCUT2D eigenvalue weighted by molar-refractivity contribution is -0.137. The van der Waals surface area contributed by atoms with E-state index in [1.807, 2.05) is 0 Å². The summed E-state index contributed by atoms with van der Waals surface area (Å²) in [5, 5.41) is 11.7. The zero-order valence-electron chi connectivity index (χ0n) is 9.46. The van der Waals surface area contributed by atoms with Crippen molar-refractivity contribution in [3.05, 3.63) is 41.5 Å². The SMILES string of the molecule is N#Cc1cc(C(F)(F)F)ccc1NC/C=C/CN. The van der Waals surface area contributed by atoms with Crippen LogP contribution in [0.25, 0.3) is 0 Å². The molecule has 1 aromatic rings. The van der Waals surface area contributed by atoms with Gasteiger partial charge in [0.15, 0.2) is 0 Å². The number of benzene rings is 1. The van der Waals surface area contributed by atoms with E-state index in [2.05, 4.69) is 5.32 Å². The van der Waals surface area contributed by atoms with Crippen LogP contribution in [0.4, 0.5) is 18.9 Å². The summed E-state index contributed by atoms with van der Waals surface area (Å²) in [6.45, 7) is 0.789. The van der Waals surface area contributed by atoms with E-state index in [4.69, 9.17) is 11.0 Å². The number of hydrogen-bond acceptors (Lipinski definition) is 3. The highest BCUT2D eigenvalue weighted by Crippen LogP contribution is 2.31. The molecule has 3 nitrogen and oxygen atoms in total. The molecule has 0 aromatic heterocycles. The van der Waals surface area contributed by atoms with Gasteiger partial charge in [0.25, 0.3) is 0 Å². The van der Waals surface area contributed by atoms with Gasteiger partial charge >= 0.3 is 6.18 Å². The fraction of sp³-hybridized carbons (Fsp3) is 0.250. The first-order chi connectivity index (χ1) is 8.49. The lowest BCUT2D eigenvalue weighted by Gasteiger charge is -2.10. The van der Waals surface area contributed by atoms with Gasteiger partial charge in [-0.3, -0.25) is 0 Å². The van der Waals surface area contributed by atoms with Crippen molar-refractivity contribution in [1.29, 1.82) is 5.26 Å². The maximum Gasteiger partial charge on any atom is 0.416 e. The van der Waals surface area contributed by atoms with Crippen LogP contribution in [-0.4, -0.2) is 13.1 Å². The molecule has 6 heteroatoms. The summed E-state index contributed by atoms with van der Waals surface area (Å²) in [5.41, 5.74) is 4.74. The molecule has 0 aliphatic carbocycles. The summed E-state index contributed by atoms with van der Waals surface area (Å²) >= 11 is 0. The van der Waals surface area contributed by atoms with Gasteiger partial charge in [0.2, 0.25) is 0 Å². The molecule has 18 heavy (non-hydrogen) atoms. The van der Waals surface area contributed by atoms with E-state index in [0.29, 0.717) is 18.8 Å². The lowest BCUT2D eigenvalue weighted by atomic mass is 10.1. The summed E-state index contributed by atoms with van der Waals surface area (Å²) in [5.74, 6) is 0. The highest BCUT2D eigenvalue weighted by atomic mass is 19.4. The number of halogens is 3. The second-order valence-corrected chi connectivity index (χ2v) is 3.46. The molecule has 0 radical (unpaired) electrons. The van der Waals surface area contributed by atoms with Crippen molar-refractivity contribution in [3.8, 4) is 6.07 Å². The van der Waals surface area contributed by atoms with Gasteiger partial charge in [0.1, 0.15) is 6.07 Å². The summed E-state index contributed by atoms with van der Waals surface area (Å²) < 4.78 is 37.3. The van der Waals surface area contributed by atoms with Gasteiger partial charge in [0.05, 0.1) is 16.8 Å². The molecule has 0 saturated heterocycles. The van der Waals surface area contributed by atoms with E-state index in [-0.39, 0.29) is 5.56 Å². The molecule has 3 N–H and O–H groups in total. The fourth-order valence-corrected chi connectivity index (χ4v) is 1.32. The summed E-state index contributed by atoms with van der Waals surface area (Å²) in [6, 6.07) is 4.75.